The molecule has 182 valence electrons. The van der Waals surface area contributed by atoms with E-state index < -0.39 is 29.3 Å². The molecule has 4 aromatic rings. The Morgan fingerprint density at radius 2 is 1.75 bits per heavy atom. The monoisotopic (exact) mass is 504 g/mol. The number of aromatic nitrogens is 1. The number of hydrogen-bond donors (Lipinski definition) is 1. The van der Waals surface area contributed by atoms with Crippen LogP contribution in [0.4, 0.5) is 9.52 Å². The Kier molecular flexibility index (Phi) is 6.15. The van der Waals surface area contributed by atoms with Crippen molar-refractivity contribution < 1.29 is 28.6 Å². The number of rotatable bonds is 6. The topological polar surface area (TPSA) is 89.0 Å². The first kappa shape index (κ1) is 23.5. The molecule has 3 aromatic carbocycles. The quantitative estimate of drug-likeness (QED) is 0.213. The van der Waals surface area contributed by atoms with Crippen molar-refractivity contribution in [2.24, 2.45) is 0 Å². The van der Waals surface area contributed by atoms with Gasteiger partial charge in [-0.15, -0.1) is 0 Å². The third kappa shape index (κ3) is 4.07. The van der Waals surface area contributed by atoms with Gasteiger partial charge in [-0.3, -0.25) is 14.5 Å². The summed E-state index contributed by atoms with van der Waals surface area (Å²) in [6, 6.07) is 16.4. The molecule has 7 nitrogen and oxygen atoms in total. The van der Waals surface area contributed by atoms with Crippen molar-refractivity contribution in [3.05, 3.63) is 89.2 Å². The van der Waals surface area contributed by atoms with Crippen molar-refractivity contribution in [1.82, 2.24) is 4.98 Å². The van der Waals surface area contributed by atoms with Crippen molar-refractivity contribution in [2.75, 3.05) is 18.6 Å². The van der Waals surface area contributed by atoms with Gasteiger partial charge in [-0.25, -0.2) is 9.37 Å². The van der Waals surface area contributed by atoms with Crippen LogP contribution in [0.3, 0.4) is 0 Å². The molecule has 0 aliphatic carbocycles. The molecule has 1 N–H and O–H groups in total. The smallest absolute Gasteiger partial charge is 0.301 e. The van der Waals surface area contributed by atoms with E-state index in [0.717, 1.165) is 4.70 Å². The van der Waals surface area contributed by atoms with Crippen LogP contribution in [0, 0.1) is 5.82 Å². The summed E-state index contributed by atoms with van der Waals surface area (Å²) in [5, 5.41) is 11.4. The number of anilines is 1. The molecule has 1 saturated heterocycles. The predicted octanol–water partition coefficient (Wildman–Crippen LogP) is 5.47. The Morgan fingerprint density at radius 1 is 1.06 bits per heavy atom. The molecular weight excluding hydrogens is 483 g/mol. The van der Waals surface area contributed by atoms with E-state index in [-0.39, 0.29) is 11.1 Å². The van der Waals surface area contributed by atoms with Crippen LogP contribution in [-0.2, 0) is 9.59 Å². The number of Topliss-reactive ketones (excluding diaryl/α,β-unsaturated/α-hetero) is 1. The molecule has 0 saturated carbocycles. The zero-order valence-electron chi connectivity index (χ0n) is 19.4. The molecule has 5 rings (SSSR count). The summed E-state index contributed by atoms with van der Waals surface area (Å²) in [7, 11) is 1.56. The number of fused-ring (bicyclic) bond motifs is 1. The van der Waals surface area contributed by atoms with E-state index in [4.69, 9.17) is 9.47 Å². The molecule has 1 atom stereocenters. The summed E-state index contributed by atoms with van der Waals surface area (Å²) in [4.78, 5) is 32.5. The molecule has 1 aliphatic rings. The average Bonchev–Trinajstić information content (AvgIpc) is 3.42. The Hall–Kier alpha value is -4.24. The third-order valence-corrected chi connectivity index (χ3v) is 6.88. The zero-order valence-corrected chi connectivity index (χ0v) is 20.2. The fourth-order valence-corrected chi connectivity index (χ4v) is 5.16. The second-order valence-electron chi connectivity index (χ2n) is 8.01. The van der Waals surface area contributed by atoms with E-state index in [1.807, 2.05) is 6.92 Å². The number of ketones is 1. The largest absolute Gasteiger partial charge is 0.507 e. The van der Waals surface area contributed by atoms with Crippen molar-refractivity contribution in [3.8, 4) is 11.5 Å². The van der Waals surface area contributed by atoms with Crippen molar-refractivity contribution in [1.29, 1.82) is 0 Å². The van der Waals surface area contributed by atoms with Gasteiger partial charge in [0.25, 0.3) is 5.78 Å². The number of thiazole rings is 1. The third-order valence-electron chi connectivity index (χ3n) is 5.86. The molecule has 0 unspecified atom stereocenters. The van der Waals surface area contributed by atoms with E-state index in [2.05, 4.69) is 4.98 Å². The van der Waals surface area contributed by atoms with Gasteiger partial charge in [0.1, 0.15) is 23.1 Å². The van der Waals surface area contributed by atoms with E-state index in [0.29, 0.717) is 34.3 Å². The second kappa shape index (κ2) is 9.43. The molecule has 2 heterocycles. The summed E-state index contributed by atoms with van der Waals surface area (Å²) in [5.74, 6) is -1.28. The molecule has 0 bridgehead atoms. The summed E-state index contributed by atoms with van der Waals surface area (Å²) >= 11 is 1.23. The molecule has 1 fully saturated rings. The van der Waals surface area contributed by atoms with Crippen molar-refractivity contribution in [2.45, 2.75) is 13.0 Å². The molecule has 0 radical (unpaired) electrons. The lowest BCUT2D eigenvalue weighted by atomic mass is 9.95. The summed E-state index contributed by atoms with van der Waals surface area (Å²) in [5.41, 5.74) is 1.34. The van der Waals surface area contributed by atoms with Crippen molar-refractivity contribution >= 4 is 44.1 Å². The molecule has 1 amide bonds. The number of aliphatic hydroxyl groups is 1. The van der Waals surface area contributed by atoms with Crippen LogP contribution in [0.5, 0.6) is 11.5 Å². The van der Waals surface area contributed by atoms with Crippen LogP contribution >= 0.6 is 11.3 Å². The minimum atomic E-state index is -0.951. The van der Waals surface area contributed by atoms with E-state index >= 15 is 0 Å². The minimum Gasteiger partial charge on any atom is -0.507 e. The van der Waals surface area contributed by atoms with Crippen LogP contribution in [0.2, 0.25) is 0 Å². The fourth-order valence-electron chi connectivity index (χ4n) is 4.14. The number of ether oxygens (including phenoxy) is 2. The van der Waals surface area contributed by atoms with Gasteiger partial charge in [0.15, 0.2) is 5.13 Å². The van der Waals surface area contributed by atoms with Gasteiger partial charge in [-0.05, 0) is 67.1 Å². The van der Waals surface area contributed by atoms with Crippen LogP contribution in [0.15, 0.2) is 72.3 Å². The van der Waals surface area contributed by atoms with Gasteiger partial charge in [0.05, 0.1) is 35.5 Å². The lowest BCUT2D eigenvalue weighted by molar-refractivity contribution is -0.132. The van der Waals surface area contributed by atoms with Crippen LogP contribution in [-0.4, -0.2) is 35.5 Å². The Balaban J connectivity index is 1.69. The number of methoxy groups -OCH3 is 1. The van der Waals surface area contributed by atoms with Gasteiger partial charge in [0, 0.05) is 5.56 Å². The van der Waals surface area contributed by atoms with Gasteiger partial charge in [-0.2, -0.15) is 0 Å². The molecule has 36 heavy (non-hydrogen) atoms. The Morgan fingerprint density at radius 3 is 2.42 bits per heavy atom. The zero-order chi connectivity index (χ0) is 25.4. The van der Waals surface area contributed by atoms with Gasteiger partial charge in [0.2, 0.25) is 0 Å². The summed E-state index contributed by atoms with van der Waals surface area (Å²) in [6.45, 7) is 2.35. The Labute approximate surface area is 210 Å². The normalized spacial score (nSPS) is 17.1. The molecule has 1 aromatic heterocycles. The predicted molar refractivity (Wildman–Crippen MR) is 135 cm³/mol. The van der Waals surface area contributed by atoms with E-state index in [9.17, 15) is 19.1 Å². The fraction of sp³-hybridized carbons (Fsp3) is 0.148. The van der Waals surface area contributed by atoms with Gasteiger partial charge in [-0.1, -0.05) is 23.5 Å². The van der Waals surface area contributed by atoms with E-state index in [1.54, 1.807) is 49.6 Å². The molecule has 0 spiro atoms. The first-order valence-corrected chi connectivity index (χ1v) is 12.0. The van der Waals surface area contributed by atoms with Gasteiger partial charge >= 0.3 is 5.91 Å². The van der Waals surface area contributed by atoms with Crippen LogP contribution in [0.1, 0.15) is 24.1 Å². The summed E-state index contributed by atoms with van der Waals surface area (Å²) < 4.78 is 25.1. The highest BCUT2D eigenvalue weighted by Crippen LogP contribution is 2.44. The standard InChI is InChI=1S/C27H21FN2O5S/c1-3-35-18-10-6-15(7-11-18)23-22(24(31)16-4-8-17(28)9-5-16)25(32)26(33)30(23)27-29-20-13-12-19(34-2)14-21(20)36-27/h4-14,23,31H,3H2,1-2H3/t23-/m0/s1. The number of aliphatic hydroxyl groups excluding tert-OH is 1. The lowest BCUT2D eigenvalue weighted by Gasteiger charge is -2.23. The number of carbonyl (C=O) groups excluding carboxylic acids is 2. The first-order chi connectivity index (χ1) is 17.4. The maximum Gasteiger partial charge on any atom is 0.301 e. The maximum atomic E-state index is 13.5. The highest BCUT2D eigenvalue weighted by molar-refractivity contribution is 7.22. The maximum absolute atomic E-state index is 13.5. The highest BCUT2D eigenvalue weighted by Gasteiger charge is 2.48. The average molecular weight is 505 g/mol. The molecular formula is C27H21FN2O5S. The van der Waals surface area contributed by atoms with Crippen LogP contribution in [0.25, 0.3) is 16.0 Å². The summed E-state index contributed by atoms with van der Waals surface area (Å²) in [6.07, 6.45) is 0. The minimum absolute atomic E-state index is 0.104. The number of amides is 1. The number of carbonyl (C=O) groups is 2. The SMILES string of the molecule is CCOc1ccc([C@H]2C(=C(O)c3ccc(F)cc3)C(=O)C(=O)N2c2nc3ccc(OC)cc3s2)cc1. The molecule has 9 heteroatoms. The van der Waals surface area contributed by atoms with Gasteiger partial charge < -0.3 is 14.6 Å². The lowest BCUT2D eigenvalue weighted by Crippen LogP contribution is -2.29. The second-order valence-corrected chi connectivity index (χ2v) is 9.02. The van der Waals surface area contributed by atoms with Crippen molar-refractivity contribution in [3.63, 3.8) is 0 Å². The highest BCUT2D eigenvalue weighted by atomic mass is 32.1. The molecule has 1 aliphatic heterocycles. The van der Waals surface area contributed by atoms with Crippen LogP contribution < -0.4 is 14.4 Å². The first-order valence-electron chi connectivity index (χ1n) is 11.2. The number of benzene rings is 3. The number of nitrogens with zero attached hydrogens (tertiary/aromatic N) is 2. The Bertz CT molecular complexity index is 1500. The number of halogens is 1. The van der Waals surface area contributed by atoms with E-state index in [1.165, 1.54) is 40.5 Å². The number of hydrogen-bond acceptors (Lipinski definition) is 7.